The normalized spacial score (nSPS) is 15.3. The number of allylic oxidation sites excluding steroid dienone is 4. The number of rotatable bonds is 2. The predicted octanol–water partition coefficient (Wildman–Crippen LogP) is 5.25. The molecule has 0 aromatic heterocycles. The van der Waals surface area contributed by atoms with Crippen LogP contribution < -0.4 is 24.8 Å². The van der Waals surface area contributed by atoms with Crippen LogP contribution in [0.3, 0.4) is 0 Å². The van der Waals surface area contributed by atoms with Crippen LogP contribution in [0.2, 0.25) is 19.6 Å². The molecule has 1 atom stereocenters. The van der Waals surface area contributed by atoms with Crippen molar-refractivity contribution in [1.29, 1.82) is 0 Å². The minimum absolute atomic E-state index is 0. The Morgan fingerprint density at radius 1 is 0.804 bits per heavy atom. The second-order valence-corrected chi connectivity index (χ2v) is 20.7. The quantitative estimate of drug-likeness (QED) is 0.194. The smallest absolute Gasteiger partial charge is 1.00 e. The molecule has 1 unspecified atom stereocenters. The minimum Gasteiger partial charge on any atom is -1.00 e. The SMILES string of the molecule is CC(C)(C)c1[c-]c2c(cc1)-c1ccc(C(C)(C)C)cc1C2.CC1=[C-]C(C)C=C1[Si](C)(C)C.FC(F)(F)c1ccc([CH]=[Zr+2])cc1.[Cl-].[Cl-]. The van der Waals surface area contributed by atoms with Gasteiger partial charge in [-0.05, 0) is 36.5 Å². The summed E-state index contributed by atoms with van der Waals surface area (Å²) >= 11 is 1.18. The van der Waals surface area contributed by atoms with Crippen LogP contribution in [0, 0.1) is 18.1 Å². The molecule has 0 saturated carbocycles. The third-order valence-electron chi connectivity index (χ3n) is 7.94. The number of hydrogen-bond acceptors (Lipinski definition) is 0. The molecule has 248 valence electrons. The molecule has 0 heterocycles. The van der Waals surface area contributed by atoms with Crippen LogP contribution in [0.5, 0.6) is 0 Å². The van der Waals surface area contributed by atoms with Gasteiger partial charge in [0, 0.05) is 0 Å². The molecule has 3 aromatic carbocycles. The van der Waals surface area contributed by atoms with Crippen molar-refractivity contribution < 1.29 is 62.2 Å². The minimum atomic E-state index is -4.22. The van der Waals surface area contributed by atoms with Gasteiger partial charge in [0.05, 0.1) is 0 Å². The molecular weight excluding hydrogens is 716 g/mol. The van der Waals surface area contributed by atoms with Crippen LogP contribution in [-0.2, 0) is 47.7 Å². The first-order valence-electron chi connectivity index (χ1n) is 15.3. The van der Waals surface area contributed by atoms with E-state index in [2.05, 4.69) is 124 Å². The zero-order valence-corrected chi connectivity index (χ0v) is 34.0. The van der Waals surface area contributed by atoms with Crippen molar-refractivity contribution in [2.24, 2.45) is 5.92 Å². The average molecular weight is 763 g/mol. The van der Waals surface area contributed by atoms with Gasteiger partial charge in [-0.15, -0.1) is 11.1 Å². The van der Waals surface area contributed by atoms with Crippen molar-refractivity contribution in [1.82, 2.24) is 0 Å². The van der Waals surface area contributed by atoms with E-state index in [-0.39, 0.29) is 35.6 Å². The standard InChI is InChI=1S/C21H25.C10H17Si.C8H5F3.2ClH.Zr/c1-20(2,3)16-7-9-18-14(12-16)11-15-13-17(21(4,5)6)8-10-19(15)18;1-8-6-9(2)10(7-8)11(3,4)5;1-6-2-4-7(5-3-6)8(9,10)11;;;/h7-10,12H,11H2,1-6H3;7-8H,1-5H3;1-5H;2*1H;/q2*-1;;;;+2/p-2. The Labute approximate surface area is 304 Å². The largest absolute Gasteiger partial charge is 1.00 e. The summed E-state index contributed by atoms with van der Waals surface area (Å²) in [7, 11) is -1.07. The third kappa shape index (κ3) is 11.3. The van der Waals surface area contributed by atoms with Gasteiger partial charge in [0.2, 0.25) is 0 Å². The van der Waals surface area contributed by atoms with Crippen LogP contribution in [-0.4, -0.2) is 11.8 Å². The van der Waals surface area contributed by atoms with E-state index in [0.717, 1.165) is 24.1 Å². The Balaban J connectivity index is 0.000000365. The maximum Gasteiger partial charge on any atom is -1.00 e. The van der Waals surface area contributed by atoms with Gasteiger partial charge >= 0.3 is 82.7 Å². The van der Waals surface area contributed by atoms with Crippen LogP contribution in [0.4, 0.5) is 13.2 Å². The van der Waals surface area contributed by atoms with Crippen molar-refractivity contribution in [2.75, 3.05) is 0 Å². The van der Waals surface area contributed by atoms with Gasteiger partial charge in [0.1, 0.15) is 0 Å². The molecule has 2 aliphatic carbocycles. The van der Waals surface area contributed by atoms with Crippen molar-refractivity contribution in [3.8, 4) is 11.1 Å². The summed E-state index contributed by atoms with van der Waals surface area (Å²) in [6, 6.07) is 20.3. The second kappa shape index (κ2) is 16.3. The molecule has 3 aromatic rings. The summed E-state index contributed by atoms with van der Waals surface area (Å²) in [5.41, 5.74) is 10.3. The fourth-order valence-corrected chi connectivity index (χ4v) is 7.86. The van der Waals surface area contributed by atoms with Crippen LogP contribution in [0.15, 0.2) is 71.4 Å². The van der Waals surface area contributed by atoms with Crippen LogP contribution in [0.1, 0.15) is 88.8 Å². The molecule has 0 saturated heterocycles. The fourth-order valence-electron chi connectivity index (χ4n) is 5.44. The second-order valence-electron chi connectivity index (χ2n) is 15.0. The fraction of sp³-hybridized carbons (Fsp3) is 0.410. The molecular formula is C39H47Cl2F3SiZr-2. The van der Waals surface area contributed by atoms with Gasteiger partial charge in [-0.2, -0.15) is 29.8 Å². The summed E-state index contributed by atoms with van der Waals surface area (Å²) in [5.74, 6) is 0.553. The predicted molar refractivity (Wildman–Crippen MR) is 181 cm³/mol. The number of halogens is 5. The zero-order chi connectivity index (χ0) is 33.3. The van der Waals surface area contributed by atoms with Gasteiger partial charge in [-0.25, -0.2) is 10.8 Å². The molecule has 0 amide bonds. The Morgan fingerprint density at radius 2 is 1.35 bits per heavy atom. The Bertz CT molecular complexity index is 1490. The molecule has 0 N–H and O–H groups in total. The number of benzene rings is 3. The molecule has 0 bridgehead atoms. The first kappa shape index (κ1) is 42.5. The van der Waals surface area contributed by atoms with E-state index in [0.29, 0.717) is 5.92 Å². The van der Waals surface area contributed by atoms with E-state index in [1.807, 2.05) is 3.71 Å². The number of alkyl halides is 3. The van der Waals surface area contributed by atoms with Gasteiger partial charge in [0.25, 0.3) is 0 Å². The van der Waals surface area contributed by atoms with Gasteiger partial charge < -0.3 is 24.8 Å². The first-order valence-corrected chi connectivity index (χ1v) is 20.2. The maximum absolute atomic E-state index is 12.0. The molecule has 0 radical (unpaired) electrons. The van der Waals surface area contributed by atoms with Crippen LogP contribution in [0.25, 0.3) is 11.1 Å². The number of fused-ring (bicyclic) bond motifs is 3. The van der Waals surface area contributed by atoms with Crippen molar-refractivity contribution >= 4 is 11.8 Å². The molecule has 0 fully saturated rings. The zero-order valence-electron chi connectivity index (χ0n) is 29.0. The van der Waals surface area contributed by atoms with E-state index < -0.39 is 19.8 Å². The topological polar surface area (TPSA) is 0 Å². The first-order chi connectivity index (χ1) is 20.1. The van der Waals surface area contributed by atoms with Crippen LogP contribution >= 0.6 is 0 Å². The Morgan fingerprint density at radius 3 is 1.76 bits per heavy atom. The average Bonchev–Trinajstić information content (AvgIpc) is 3.45. The molecule has 5 rings (SSSR count). The molecule has 46 heavy (non-hydrogen) atoms. The van der Waals surface area contributed by atoms with Gasteiger partial charge in [0.15, 0.2) is 0 Å². The summed E-state index contributed by atoms with van der Waals surface area (Å²) in [6.07, 6.45) is 2.61. The van der Waals surface area contributed by atoms with Gasteiger partial charge in [-0.1, -0.05) is 105 Å². The number of hydrogen-bond donors (Lipinski definition) is 0. The van der Waals surface area contributed by atoms with Crippen molar-refractivity contribution in [2.45, 2.75) is 98.5 Å². The van der Waals surface area contributed by atoms with E-state index in [1.165, 1.54) is 75.3 Å². The monoisotopic (exact) mass is 760 g/mol. The summed E-state index contributed by atoms with van der Waals surface area (Å²) in [4.78, 5) is 0. The molecule has 0 aliphatic heterocycles. The van der Waals surface area contributed by atoms with E-state index in [1.54, 1.807) is 5.20 Å². The third-order valence-corrected chi connectivity index (χ3v) is 10.9. The van der Waals surface area contributed by atoms with Gasteiger partial charge in [-0.3, -0.25) is 6.08 Å². The molecule has 0 nitrogen and oxygen atoms in total. The maximum atomic E-state index is 12.0. The van der Waals surface area contributed by atoms with Crippen molar-refractivity contribution in [3.05, 3.63) is 117 Å². The Hall–Kier alpha value is -1.52. The molecule has 7 heteroatoms. The van der Waals surface area contributed by atoms with Crippen molar-refractivity contribution in [3.63, 3.8) is 0 Å². The van der Waals surface area contributed by atoms with E-state index in [4.69, 9.17) is 0 Å². The van der Waals surface area contributed by atoms with E-state index in [9.17, 15) is 13.2 Å². The Kier molecular flexibility index (Phi) is 15.0. The summed E-state index contributed by atoms with van der Waals surface area (Å²) < 4.78 is 37.9. The summed E-state index contributed by atoms with van der Waals surface area (Å²) in [5, 5.41) is 1.60. The molecule has 2 aliphatic rings. The van der Waals surface area contributed by atoms with E-state index >= 15 is 0 Å². The molecule has 0 spiro atoms. The summed E-state index contributed by atoms with van der Waals surface area (Å²) in [6.45, 7) is 25.2.